The Kier molecular flexibility index (Phi) is 7.80. The Morgan fingerprint density at radius 3 is 2.25 bits per heavy atom. The third kappa shape index (κ3) is 6.07. The lowest BCUT2D eigenvalue weighted by Gasteiger charge is -2.09. The van der Waals surface area contributed by atoms with E-state index in [-0.39, 0.29) is 11.3 Å². The normalized spacial score (nSPS) is 11.2. The molecule has 0 spiro atoms. The van der Waals surface area contributed by atoms with E-state index in [4.69, 9.17) is 9.47 Å². The van der Waals surface area contributed by atoms with Crippen LogP contribution in [-0.2, 0) is 6.61 Å². The first-order valence-corrected chi connectivity index (χ1v) is 10.3. The number of phenolic OH excluding ortho intramolecular Hbond substituents is 1. The summed E-state index contributed by atoms with van der Waals surface area (Å²) in [5.41, 5.74) is 4.39. The summed E-state index contributed by atoms with van der Waals surface area (Å²) in [4.78, 5) is 12.4. The highest BCUT2D eigenvalue weighted by molar-refractivity contribution is 6.04. The Morgan fingerprint density at radius 1 is 0.969 bits per heavy atom. The largest absolute Gasteiger partial charge is 0.507 e. The third-order valence-electron chi connectivity index (χ3n) is 4.65. The topological polar surface area (TPSA) is 80.2 Å². The van der Waals surface area contributed by atoms with Crippen LogP contribution in [0.15, 0.2) is 71.8 Å². The molecule has 2 N–H and O–H groups in total. The van der Waals surface area contributed by atoms with Crippen LogP contribution in [0.2, 0.25) is 0 Å². The van der Waals surface area contributed by atoms with E-state index in [1.54, 1.807) is 31.2 Å². The molecule has 7 heteroatoms. The second kappa shape index (κ2) is 10.9. The molecular formula is C25H25FN2O4. The third-order valence-corrected chi connectivity index (χ3v) is 4.65. The molecule has 0 fully saturated rings. The van der Waals surface area contributed by atoms with Crippen molar-refractivity contribution in [2.24, 2.45) is 5.10 Å². The first-order valence-electron chi connectivity index (χ1n) is 10.3. The Bertz CT molecular complexity index is 1080. The molecule has 0 unspecified atom stereocenters. The summed E-state index contributed by atoms with van der Waals surface area (Å²) < 4.78 is 24.7. The Hall–Kier alpha value is -3.87. The van der Waals surface area contributed by atoms with Crippen molar-refractivity contribution in [3.63, 3.8) is 0 Å². The summed E-state index contributed by atoms with van der Waals surface area (Å²) in [6.45, 7) is 4.69. The number of halogens is 1. The number of hydrazone groups is 1. The molecule has 0 bridgehead atoms. The minimum Gasteiger partial charge on any atom is -0.507 e. The van der Waals surface area contributed by atoms with Crippen molar-refractivity contribution in [2.45, 2.75) is 26.9 Å². The molecule has 3 aromatic carbocycles. The maximum Gasteiger partial charge on any atom is 0.271 e. The quantitative estimate of drug-likeness (QED) is 0.363. The lowest BCUT2D eigenvalue weighted by atomic mass is 10.1. The van der Waals surface area contributed by atoms with Gasteiger partial charge in [-0.15, -0.1) is 0 Å². The van der Waals surface area contributed by atoms with Crippen molar-refractivity contribution in [1.29, 1.82) is 0 Å². The number of benzene rings is 3. The van der Waals surface area contributed by atoms with E-state index in [2.05, 4.69) is 10.5 Å². The Morgan fingerprint density at radius 2 is 1.62 bits per heavy atom. The van der Waals surface area contributed by atoms with Gasteiger partial charge in [0.15, 0.2) is 0 Å². The van der Waals surface area contributed by atoms with Crippen molar-refractivity contribution in [2.75, 3.05) is 6.61 Å². The molecule has 0 saturated heterocycles. The van der Waals surface area contributed by atoms with Gasteiger partial charge in [-0.05, 0) is 73.5 Å². The van der Waals surface area contributed by atoms with Crippen molar-refractivity contribution < 1.29 is 23.8 Å². The molecule has 3 rings (SSSR count). The zero-order valence-corrected chi connectivity index (χ0v) is 18.0. The van der Waals surface area contributed by atoms with Crippen LogP contribution in [0.3, 0.4) is 0 Å². The van der Waals surface area contributed by atoms with Crippen molar-refractivity contribution in [3.05, 3.63) is 89.2 Å². The van der Waals surface area contributed by atoms with E-state index in [1.807, 2.05) is 31.2 Å². The highest BCUT2D eigenvalue weighted by Gasteiger charge is 2.11. The average molecular weight is 436 g/mol. The number of aromatic hydroxyl groups is 1. The van der Waals surface area contributed by atoms with Gasteiger partial charge in [0.2, 0.25) is 0 Å². The van der Waals surface area contributed by atoms with Gasteiger partial charge in [-0.1, -0.05) is 19.1 Å². The molecule has 0 aromatic heterocycles. The molecule has 0 aliphatic rings. The Balaban J connectivity index is 1.59. The molecule has 6 nitrogen and oxygen atoms in total. The summed E-state index contributed by atoms with van der Waals surface area (Å²) in [5, 5.41) is 14.0. The maximum absolute atomic E-state index is 13.5. The van der Waals surface area contributed by atoms with Crippen LogP contribution in [0.4, 0.5) is 4.39 Å². The number of rotatable bonds is 9. The molecule has 32 heavy (non-hydrogen) atoms. The fraction of sp³-hybridized carbons (Fsp3) is 0.200. The molecule has 0 radical (unpaired) electrons. The number of hydrogen-bond donors (Lipinski definition) is 2. The number of carbonyl (C=O) groups excluding carboxylic acids is 1. The van der Waals surface area contributed by atoms with Crippen LogP contribution in [0.5, 0.6) is 17.2 Å². The number of amides is 1. The van der Waals surface area contributed by atoms with Crippen LogP contribution in [-0.4, -0.2) is 23.3 Å². The zero-order chi connectivity index (χ0) is 22.9. The highest BCUT2D eigenvalue weighted by atomic mass is 19.1. The van der Waals surface area contributed by atoms with Crippen molar-refractivity contribution in [3.8, 4) is 17.2 Å². The van der Waals surface area contributed by atoms with Crippen molar-refractivity contribution >= 4 is 11.6 Å². The second-order valence-corrected chi connectivity index (χ2v) is 6.90. The lowest BCUT2D eigenvalue weighted by molar-refractivity contribution is 0.0954. The lowest BCUT2D eigenvalue weighted by Crippen LogP contribution is -2.20. The molecule has 0 atom stereocenters. The molecule has 0 aliphatic carbocycles. The molecule has 1 amide bonds. The number of phenols is 1. The predicted molar refractivity (Wildman–Crippen MR) is 121 cm³/mol. The maximum atomic E-state index is 13.5. The van der Waals surface area contributed by atoms with Crippen LogP contribution in [0.25, 0.3) is 0 Å². The van der Waals surface area contributed by atoms with Crippen LogP contribution in [0, 0.1) is 5.82 Å². The van der Waals surface area contributed by atoms with Gasteiger partial charge in [-0.3, -0.25) is 4.79 Å². The van der Waals surface area contributed by atoms with Gasteiger partial charge < -0.3 is 14.6 Å². The summed E-state index contributed by atoms with van der Waals surface area (Å²) in [6.07, 6.45) is 0.402. The van der Waals surface area contributed by atoms with E-state index >= 15 is 0 Å². The average Bonchev–Trinajstić information content (AvgIpc) is 2.81. The summed E-state index contributed by atoms with van der Waals surface area (Å²) in [6, 6.07) is 17.9. The van der Waals surface area contributed by atoms with Gasteiger partial charge in [-0.25, -0.2) is 9.82 Å². The second-order valence-electron chi connectivity index (χ2n) is 6.90. The van der Waals surface area contributed by atoms with Gasteiger partial charge in [0.25, 0.3) is 5.91 Å². The molecule has 0 saturated carbocycles. The zero-order valence-electron chi connectivity index (χ0n) is 18.0. The molecule has 3 aromatic rings. The van der Waals surface area contributed by atoms with Gasteiger partial charge in [-0.2, -0.15) is 5.10 Å². The van der Waals surface area contributed by atoms with E-state index in [1.165, 1.54) is 12.1 Å². The fourth-order valence-corrected chi connectivity index (χ4v) is 2.97. The first-order chi connectivity index (χ1) is 15.5. The number of nitrogens with zero attached hydrogens (tertiary/aromatic N) is 1. The van der Waals surface area contributed by atoms with Gasteiger partial charge in [0.05, 0.1) is 12.3 Å². The standard InChI is InChI=1S/C25H25FN2O4/c1-3-23(22-15-19(26)9-14-24(22)29)27-28-25(30)18-7-5-17(6-8-18)16-32-21-12-10-20(11-13-21)31-4-2/h5-15,29H,3-4,16H2,1-2H3,(H,28,30)/b27-23+. The van der Waals surface area contributed by atoms with Crippen molar-refractivity contribution in [1.82, 2.24) is 5.43 Å². The number of carbonyl (C=O) groups is 1. The fourth-order valence-electron chi connectivity index (χ4n) is 2.97. The van der Waals surface area contributed by atoms with Crippen LogP contribution >= 0.6 is 0 Å². The van der Waals surface area contributed by atoms with E-state index in [0.29, 0.717) is 30.9 Å². The van der Waals surface area contributed by atoms with E-state index in [9.17, 15) is 14.3 Å². The molecule has 166 valence electrons. The van der Waals surface area contributed by atoms with E-state index < -0.39 is 11.7 Å². The predicted octanol–water partition coefficient (Wildman–Crippen LogP) is 5.05. The summed E-state index contributed by atoms with van der Waals surface area (Å²) in [5.74, 6) is 0.506. The van der Waals surface area contributed by atoms with Gasteiger partial charge in [0.1, 0.15) is 29.7 Å². The highest BCUT2D eigenvalue weighted by Crippen LogP contribution is 2.20. The summed E-state index contributed by atoms with van der Waals surface area (Å²) >= 11 is 0. The van der Waals surface area contributed by atoms with E-state index in [0.717, 1.165) is 23.1 Å². The summed E-state index contributed by atoms with van der Waals surface area (Å²) in [7, 11) is 0. The minimum absolute atomic E-state index is 0.0990. The molecule has 0 heterocycles. The molecular weight excluding hydrogens is 411 g/mol. The number of nitrogens with one attached hydrogen (secondary N) is 1. The first kappa shape index (κ1) is 22.8. The smallest absolute Gasteiger partial charge is 0.271 e. The minimum atomic E-state index is -0.492. The van der Waals surface area contributed by atoms with Gasteiger partial charge in [0, 0.05) is 11.1 Å². The monoisotopic (exact) mass is 436 g/mol. The van der Waals surface area contributed by atoms with Gasteiger partial charge >= 0.3 is 0 Å². The molecule has 0 aliphatic heterocycles. The number of hydrogen-bond acceptors (Lipinski definition) is 5. The van der Waals surface area contributed by atoms with Crippen LogP contribution in [0.1, 0.15) is 41.8 Å². The Labute approximate surface area is 186 Å². The number of ether oxygens (including phenoxy) is 2. The SMILES string of the molecule is CCOc1ccc(OCc2ccc(C(=O)N/N=C(\CC)c3cc(F)ccc3O)cc2)cc1. The van der Waals surface area contributed by atoms with Crippen LogP contribution < -0.4 is 14.9 Å².